The lowest BCUT2D eigenvalue weighted by Crippen LogP contribution is -2.19. The number of carbonyl (C=O) groups is 2. The molecule has 0 aromatic heterocycles. The van der Waals surface area contributed by atoms with Crippen LogP contribution in [-0.2, 0) is 9.53 Å². The van der Waals surface area contributed by atoms with Crippen molar-refractivity contribution < 1.29 is 19.1 Å². The summed E-state index contributed by atoms with van der Waals surface area (Å²) in [6.45, 7) is 2.43. The SMILES string of the molecule is Cc1cccc(OCCOC(=O)c2ccc3c(c2)NC(=O)CS3)c1. The van der Waals surface area contributed by atoms with Gasteiger partial charge in [0.1, 0.15) is 19.0 Å². The van der Waals surface area contributed by atoms with Crippen molar-refractivity contribution in [3.05, 3.63) is 53.6 Å². The summed E-state index contributed by atoms with van der Waals surface area (Å²) in [4.78, 5) is 24.4. The van der Waals surface area contributed by atoms with Crippen LogP contribution in [0.25, 0.3) is 0 Å². The van der Waals surface area contributed by atoms with E-state index in [1.165, 1.54) is 11.8 Å². The molecule has 0 saturated heterocycles. The lowest BCUT2D eigenvalue weighted by Gasteiger charge is -2.16. The highest BCUT2D eigenvalue weighted by molar-refractivity contribution is 8.00. The average Bonchev–Trinajstić information content (AvgIpc) is 2.58. The number of fused-ring (bicyclic) bond motifs is 1. The maximum atomic E-state index is 12.1. The van der Waals surface area contributed by atoms with Crippen molar-refractivity contribution in [1.82, 2.24) is 0 Å². The molecule has 24 heavy (non-hydrogen) atoms. The zero-order valence-electron chi connectivity index (χ0n) is 13.2. The van der Waals surface area contributed by atoms with Gasteiger partial charge < -0.3 is 14.8 Å². The van der Waals surface area contributed by atoms with Crippen LogP contribution >= 0.6 is 11.8 Å². The van der Waals surface area contributed by atoms with Crippen LogP contribution < -0.4 is 10.1 Å². The van der Waals surface area contributed by atoms with E-state index in [0.29, 0.717) is 17.0 Å². The van der Waals surface area contributed by atoms with Gasteiger partial charge in [-0.3, -0.25) is 4.79 Å². The third-order valence-corrected chi connectivity index (χ3v) is 4.50. The van der Waals surface area contributed by atoms with Gasteiger partial charge >= 0.3 is 5.97 Å². The quantitative estimate of drug-likeness (QED) is 0.667. The molecule has 124 valence electrons. The Balaban J connectivity index is 1.52. The summed E-state index contributed by atoms with van der Waals surface area (Å²) < 4.78 is 10.8. The molecular formula is C18H17NO4S. The first-order chi connectivity index (χ1) is 11.6. The Bertz CT molecular complexity index is 775. The highest BCUT2D eigenvalue weighted by atomic mass is 32.2. The number of anilines is 1. The van der Waals surface area contributed by atoms with Crippen molar-refractivity contribution in [1.29, 1.82) is 0 Å². The molecule has 1 aliphatic rings. The zero-order chi connectivity index (χ0) is 16.9. The molecule has 5 nitrogen and oxygen atoms in total. The van der Waals surface area contributed by atoms with Gasteiger partial charge in [-0.05, 0) is 42.8 Å². The van der Waals surface area contributed by atoms with E-state index in [1.54, 1.807) is 12.1 Å². The van der Waals surface area contributed by atoms with Gasteiger partial charge in [0, 0.05) is 4.90 Å². The molecule has 0 radical (unpaired) electrons. The Morgan fingerprint density at radius 3 is 2.92 bits per heavy atom. The molecule has 3 rings (SSSR count). The molecular weight excluding hydrogens is 326 g/mol. The molecule has 0 fully saturated rings. The third-order valence-electron chi connectivity index (χ3n) is 3.42. The van der Waals surface area contributed by atoms with Crippen LogP contribution in [0.5, 0.6) is 5.75 Å². The van der Waals surface area contributed by atoms with Crippen molar-refractivity contribution in [3.63, 3.8) is 0 Å². The van der Waals surface area contributed by atoms with E-state index < -0.39 is 5.97 Å². The third kappa shape index (κ3) is 4.08. The van der Waals surface area contributed by atoms with Crippen molar-refractivity contribution in [2.45, 2.75) is 11.8 Å². The summed E-state index contributed by atoms with van der Waals surface area (Å²) in [6.07, 6.45) is 0. The van der Waals surface area contributed by atoms with Crippen molar-refractivity contribution >= 4 is 29.3 Å². The molecule has 6 heteroatoms. The predicted octanol–water partition coefficient (Wildman–Crippen LogP) is 3.28. The second-order valence-electron chi connectivity index (χ2n) is 5.35. The van der Waals surface area contributed by atoms with E-state index in [2.05, 4.69) is 5.32 Å². The van der Waals surface area contributed by atoms with Crippen LogP contribution in [0.15, 0.2) is 47.4 Å². The summed E-state index contributed by atoms with van der Waals surface area (Å²) in [5, 5.41) is 2.76. The summed E-state index contributed by atoms with van der Waals surface area (Å²) in [7, 11) is 0. The van der Waals surface area contributed by atoms with E-state index in [9.17, 15) is 9.59 Å². The van der Waals surface area contributed by atoms with E-state index in [-0.39, 0.29) is 19.1 Å². The van der Waals surface area contributed by atoms with Gasteiger partial charge in [0.15, 0.2) is 0 Å². The number of aryl methyl sites for hydroxylation is 1. The van der Waals surface area contributed by atoms with Crippen LogP contribution in [-0.4, -0.2) is 30.8 Å². The molecule has 0 aliphatic carbocycles. The van der Waals surface area contributed by atoms with E-state index >= 15 is 0 Å². The van der Waals surface area contributed by atoms with E-state index in [1.807, 2.05) is 37.3 Å². The number of hydrogen-bond donors (Lipinski definition) is 1. The van der Waals surface area contributed by atoms with Gasteiger partial charge in [-0.15, -0.1) is 11.8 Å². The highest BCUT2D eigenvalue weighted by Gasteiger charge is 2.17. The number of thioether (sulfide) groups is 1. The van der Waals surface area contributed by atoms with E-state index in [4.69, 9.17) is 9.47 Å². The van der Waals surface area contributed by atoms with Crippen LogP contribution in [0.4, 0.5) is 5.69 Å². The summed E-state index contributed by atoms with van der Waals surface area (Å²) in [6, 6.07) is 12.8. The molecule has 1 N–H and O–H groups in total. The first-order valence-electron chi connectivity index (χ1n) is 7.55. The first-order valence-corrected chi connectivity index (χ1v) is 8.54. The Labute approximate surface area is 144 Å². The number of amides is 1. The lowest BCUT2D eigenvalue weighted by atomic mass is 10.2. The standard InChI is InChI=1S/C18H17NO4S/c1-12-3-2-4-14(9-12)22-7-8-23-18(21)13-5-6-16-15(10-13)19-17(20)11-24-16/h2-6,9-10H,7-8,11H2,1H3,(H,19,20). The minimum Gasteiger partial charge on any atom is -0.490 e. The normalized spacial score (nSPS) is 13.0. The minimum absolute atomic E-state index is 0.0652. The number of hydrogen-bond acceptors (Lipinski definition) is 5. The number of rotatable bonds is 5. The monoisotopic (exact) mass is 343 g/mol. The molecule has 2 aromatic carbocycles. The Morgan fingerprint density at radius 1 is 1.21 bits per heavy atom. The van der Waals surface area contributed by atoms with Gasteiger partial charge in [-0.25, -0.2) is 4.79 Å². The average molecular weight is 343 g/mol. The first kappa shape index (κ1) is 16.4. The highest BCUT2D eigenvalue weighted by Crippen LogP contribution is 2.32. The van der Waals surface area contributed by atoms with Crippen LogP contribution in [0.1, 0.15) is 15.9 Å². The fourth-order valence-corrected chi connectivity index (χ4v) is 3.08. The fraction of sp³-hybridized carbons (Fsp3) is 0.222. The molecule has 0 bridgehead atoms. The van der Waals surface area contributed by atoms with Crippen molar-refractivity contribution in [3.8, 4) is 5.75 Å². The number of nitrogens with one attached hydrogen (secondary N) is 1. The molecule has 1 aliphatic heterocycles. The maximum absolute atomic E-state index is 12.1. The van der Waals surface area contributed by atoms with Gasteiger partial charge in [-0.2, -0.15) is 0 Å². The van der Waals surface area contributed by atoms with Crippen LogP contribution in [0, 0.1) is 6.92 Å². The Morgan fingerprint density at radius 2 is 2.08 bits per heavy atom. The predicted molar refractivity (Wildman–Crippen MR) is 92.8 cm³/mol. The molecule has 0 unspecified atom stereocenters. The molecule has 0 saturated carbocycles. The number of esters is 1. The Hall–Kier alpha value is -2.47. The van der Waals surface area contributed by atoms with Crippen molar-refractivity contribution in [2.24, 2.45) is 0 Å². The van der Waals surface area contributed by atoms with Crippen LogP contribution in [0.3, 0.4) is 0 Å². The lowest BCUT2D eigenvalue weighted by molar-refractivity contribution is -0.113. The molecule has 1 heterocycles. The summed E-state index contributed by atoms with van der Waals surface area (Å²) in [5.41, 5.74) is 2.17. The number of ether oxygens (including phenoxy) is 2. The zero-order valence-corrected chi connectivity index (χ0v) is 14.0. The summed E-state index contributed by atoms with van der Waals surface area (Å²) in [5.74, 6) is 0.646. The molecule has 2 aromatic rings. The van der Waals surface area contributed by atoms with Gasteiger partial charge in [0.25, 0.3) is 0 Å². The second-order valence-corrected chi connectivity index (χ2v) is 6.37. The number of benzene rings is 2. The maximum Gasteiger partial charge on any atom is 0.338 e. The van der Waals surface area contributed by atoms with Gasteiger partial charge in [0.05, 0.1) is 17.0 Å². The largest absolute Gasteiger partial charge is 0.490 e. The molecule has 0 atom stereocenters. The van der Waals surface area contributed by atoms with Gasteiger partial charge in [-0.1, -0.05) is 12.1 Å². The van der Waals surface area contributed by atoms with E-state index in [0.717, 1.165) is 16.2 Å². The van der Waals surface area contributed by atoms with Crippen LogP contribution in [0.2, 0.25) is 0 Å². The molecule has 0 spiro atoms. The Kier molecular flexibility index (Phi) is 5.05. The second kappa shape index (κ2) is 7.40. The van der Waals surface area contributed by atoms with Crippen molar-refractivity contribution in [2.75, 3.05) is 24.3 Å². The summed E-state index contributed by atoms with van der Waals surface area (Å²) >= 11 is 1.45. The van der Waals surface area contributed by atoms with Gasteiger partial charge in [0.2, 0.25) is 5.91 Å². The fourth-order valence-electron chi connectivity index (χ4n) is 2.29. The number of carbonyl (C=O) groups excluding carboxylic acids is 2. The minimum atomic E-state index is -0.435. The topological polar surface area (TPSA) is 64.6 Å². The smallest absolute Gasteiger partial charge is 0.338 e. The molecule has 1 amide bonds.